The molecular weight excluding hydrogens is 318 g/mol. The van der Waals surface area contributed by atoms with Crippen molar-refractivity contribution in [2.24, 2.45) is 29.6 Å². The summed E-state index contributed by atoms with van der Waals surface area (Å²) in [4.78, 5) is 17.2. The van der Waals surface area contributed by atoms with Gasteiger partial charge in [-0.2, -0.15) is 0 Å². The van der Waals surface area contributed by atoms with Crippen LogP contribution in [0, 0.1) is 41.9 Å². The second-order valence-electron chi connectivity index (χ2n) is 7.85. The van der Waals surface area contributed by atoms with Crippen LogP contribution in [-0.2, 0) is 10.5 Å². The molecule has 0 amide bonds. The van der Waals surface area contributed by atoms with E-state index < -0.39 is 5.60 Å². The van der Waals surface area contributed by atoms with E-state index in [-0.39, 0.29) is 17.0 Å². The maximum absolute atomic E-state index is 12.9. The van der Waals surface area contributed by atoms with Gasteiger partial charge in [-0.15, -0.1) is 6.42 Å². The summed E-state index contributed by atoms with van der Waals surface area (Å²) in [6.07, 6.45) is 11.3. The highest BCUT2D eigenvalue weighted by atomic mass is 32.2. The van der Waals surface area contributed by atoms with E-state index in [1.165, 1.54) is 18.2 Å². The highest BCUT2D eigenvalue weighted by Gasteiger charge is 2.62. The number of aromatic nitrogens is 1. The molecule has 4 aliphatic carbocycles. The molecule has 126 valence electrons. The van der Waals surface area contributed by atoms with Gasteiger partial charge >= 0.3 is 0 Å². The average molecular weight is 341 g/mol. The lowest BCUT2D eigenvalue weighted by molar-refractivity contribution is -0.203. The van der Waals surface area contributed by atoms with E-state index in [9.17, 15) is 9.90 Å². The maximum Gasteiger partial charge on any atom is 0.195 e. The van der Waals surface area contributed by atoms with E-state index >= 15 is 0 Å². The smallest absolute Gasteiger partial charge is 0.195 e. The van der Waals surface area contributed by atoms with Crippen LogP contribution in [0.1, 0.15) is 43.9 Å². The molecule has 4 heteroatoms. The van der Waals surface area contributed by atoms with Crippen LogP contribution in [0.25, 0.3) is 0 Å². The quantitative estimate of drug-likeness (QED) is 0.858. The van der Waals surface area contributed by atoms with Gasteiger partial charge in [-0.05, 0) is 61.5 Å². The summed E-state index contributed by atoms with van der Waals surface area (Å²) in [5.74, 6) is 4.75. The number of pyridine rings is 1. The Hall–Kier alpha value is -1.31. The fourth-order valence-electron chi connectivity index (χ4n) is 5.48. The molecule has 1 heterocycles. The second kappa shape index (κ2) is 5.89. The molecule has 4 bridgehead atoms. The van der Waals surface area contributed by atoms with Crippen LogP contribution >= 0.6 is 11.8 Å². The Morgan fingerprint density at radius 2 is 2.21 bits per heavy atom. The van der Waals surface area contributed by atoms with Crippen molar-refractivity contribution < 1.29 is 9.90 Å². The van der Waals surface area contributed by atoms with Gasteiger partial charge in [-0.25, -0.2) is 0 Å². The highest BCUT2D eigenvalue weighted by molar-refractivity contribution is 8.13. The van der Waals surface area contributed by atoms with Crippen molar-refractivity contribution in [3.8, 4) is 12.3 Å². The molecule has 1 N–H and O–H groups in total. The van der Waals surface area contributed by atoms with Crippen molar-refractivity contribution >= 4 is 16.9 Å². The van der Waals surface area contributed by atoms with Gasteiger partial charge in [0.2, 0.25) is 0 Å². The molecule has 6 unspecified atom stereocenters. The summed E-state index contributed by atoms with van der Waals surface area (Å²) in [7, 11) is 0. The molecule has 4 fully saturated rings. The Morgan fingerprint density at radius 3 is 2.92 bits per heavy atom. The van der Waals surface area contributed by atoms with Crippen molar-refractivity contribution in [3.63, 3.8) is 0 Å². The predicted octanol–water partition coefficient (Wildman–Crippen LogP) is 3.26. The summed E-state index contributed by atoms with van der Waals surface area (Å²) in [5.41, 5.74) is 0.829. The number of rotatable bonds is 3. The topological polar surface area (TPSA) is 50.2 Å². The zero-order valence-electron chi connectivity index (χ0n) is 13.9. The van der Waals surface area contributed by atoms with E-state index in [0.29, 0.717) is 23.5 Å². The second-order valence-corrected chi connectivity index (χ2v) is 8.82. The number of hydrogen-bond donors (Lipinski definition) is 1. The zero-order chi connectivity index (χ0) is 16.9. The van der Waals surface area contributed by atoms with Crippen LogP contribution < -0.4 is 0 Å². The number of thioether (sulfide) groups is 1. The number of carbonyl (C=O) groups excluding carboxylic acids is 1. The van der Waals surface area contributed by atoms with Gasteiger partial charge in [-0.3, -0.25) is 9.78 Å². The first kappa shape index (κ1) is 16.2. The van der Waals surface area contributed by atoms with Crippen LogP contribution in [0.5, 0.6) is 0 Å². The third kappa shape index (κ3) is 2.50. The van der Waals surface area contributed by atoms with Crippen LogP contribution in [0.2, 0.25) is 0 Å². The molecule has 1 aromatic rings. The third-order valence-electron chi connectivity index (χ3n) is 6.61. The Bertz CT molecular complexity index is 695. The third-order valence-corrected chi connectivity index (χ3v) is 7.59. The number of hydrogen-bond acceptors (Lipinski definition) is 4. The monoisotopic (exact) mass is 341 g/mol. The molecule has 1 aromatic heterocycles. The molecule has 0 aromatic carbocycles. The Balaban J connectivity index is 1.47. The molecule has 0 spiro atoms. The number of nitrogens with zero attached hydrogens (tertiary/aromatic N) is 1. The van der Waals surface area contributed by atoms with Crippen LogP contribution in [-0.4, -0.2) is 20.8 Å². The average Bonchev–Trinajstić information content (AvgIpc) is 2.57. The van der Waals surface area contributed by atoms with Gasteiger partial charge in [0.25, 0.3) is 0 Å². The number of carbonyl (C=O) groups is 1. The standard InChI is InChI=1S/C20H23NO2S/c1-3-13-4-5-17(21-10-13)11-24-19(22)18-16-7-14-6-15(8-16)12(2)20(18,23)9-14/h1,4-5,10,12,14-16,18,23H,6-9,11H2,2H3. The van der Waals surface area contributed by atoms with E-state index in [0.717, 1.165) is 30.5 Å². The van der Waals surface area contributed by atoms with Gasteiger partial charge in [0.05, 0.1) is 17.2 Å². The van der Waals surface area contributed by atoms with Crippen LogP contribution in [0.15, 0.2) is 18.3 Å². The van der Waals surface area contributed by atoms with E-state index in [1.54, 1.807) is 6.20 Å². The minimum atomic E-state index is -0.778. The summed E-state index contributed by atoms with van der Waals surface area (Å²) >= 11 is 1.31. The lowest BCUT2D eigenvalue weighted by atomic mass is 9.46. The summed E-state index contributed by atoms with van der Waals surface area (Å²) < 4.78 is 0. The Morgan fingerprint density at radius 1 is 1.42 bits per heavy atom. The normalized spacial score (nSPS) is 39.6. The molecular formula is C20H23NO2S. The van der Waals surface area contributed by atoms with Crippen molar-refractivity contribution in [2.75, 3.05) is 0 Å². The molecule has 6 atom stereocenters. The molecule has 4 saturated carbocycles. The molecule has 0 radical (unpaired) electrons. The lowest BCUT2D eigenvalue weighted by Gasteiger charge is -2.61. The fraction of sp³-hybridized carbons (Fsp3) is 0.600. The molecule has 24 heavy (non-hydrogen) atoms. The van der Waals surface area contributed by atoms with Gasteiger partial charge in [0.15, 0.2) is 5.12 Å². The maximum atomic E-state index is 12.9. The van der Waals surface area contributed by atoms with E-state index in [2.05, 4.69) is 17.8 Å². The lowest BCUT2D eigenvalue weighted by Crippen LogP contribution is -2.63. The molecule has 0 aliphatic heterocycles. The first-order chi connectivity index (χ1) is 11.5. The first-order valence-electron chi connectivity index (χ1n) is 8.82. The summed E-state index contributed by atoms with van der Waals surface area (Å²) in [5, 5.41) is 11.4. The van der Waals surface area contributed by atoms with Crippen molar-refractivity contribution in [2.45, 2.75) is 44.0 Å². The molecule has 0 saturated heterocycles. The first-order valence-corrected chi connectivity index (χ1v) is 9.80. The van der Waals surface area contributed by atoms with Crippen molar-refractivity contribution in [1.82, 2.24) is 4.98 Å². The minimum Gasteiger partial charge on any atom is -0.389 e. The molecule has 4 aliphatic rings. The summed E-state index contributed by atoms with van der Waals surface area (Å²) in [6.45, 7) is 2.15. The number of terminal acetylenes is 1. The van der Waals surface area contributed by atoms with E-state index in [1.807, 2.05) is 12.1 Å². The van der Waals surface area contributed by atoms with Crippen LogP contribution in [0.3, 0.4) is 0 Å². The minimum absolute atomic E-state index is 0.149. The molecule has 5 rings (SSSR count). The SMILES string of the molecule is C#Cc1ccc(CSC(=O)C2C3CC4CC(C3)C(C)C2(O)C4)nc1. The fourth-order valence-corrected chi connectivity index (χ4v) is 6.52. The number of aliphatic hydroxyl groups is 1. The van der Waals surface area contributed by atoms with Crippen molar-refractivity contribution in [3.05, 3.63) is 29.6 Å². The largest absolute Gasteiger partial charge is 0.389 e. The predicted molar refractivity (Wildman–Crippen MR) is 95.0 cm³/mol. The Kier molecular flexibility index (Phi) is 3.97. The van der Waals surface area contributed by atoms with Gasteiger partial charge in [-0.1, -0.05) is 24.6 Å². The highest BCUT2D eigenvalue weighted by Crippen LogP contribution is 2.61. The summed E-state index contributed by atoms with van der Waals surface area (Å²) in [6, 6.07) is 3.73. The van der Waals surface area contributed by atoms with Crippen molar-refractivity contribution in [1.29, 1.82) is 0 Å². The van der Waals surface area contributed by atoms with Gasteiger partial charge in [0, 0.05) is 17.5 Å². The van der Waals surface area contributed by atoms with Gasteiger partial charge < -0.3 is 5.11 Å². The molecule has 3 nitrogen and oxygen atoms in total. The Labute approximate surface area is 147 Å². The zero-order valence-corrected chi connectivity index (χ0v) is 14.8. The van der Waals surface area contributed by atoms with Gasteiger partial charge in [0.1, 0.15) is 0 Å². The van der Waals surface area contributed by atoms with E-state index in [4.69, 9.17) is 6.42 Å². The van der Waals surface area contributed by atoms with Crippen LogP contribution in [0.4, 0.5) is 0 Å².